The first kappa shape index (κ1) is 34.8. The Morgan fingerprint density at radius 2 is 1.77 bits per heavy atom. The van der Waals surface area contributed by atoms with E-state index in [1.54, 1.807) is 33.7 Å². The highest BCUT2D eigenvalue weighted by Gasteiger charge is 2.77. The first-order valence-corrected chi connectivity index (χ1v) is 17.8. The molecule has 252 valence electrons. The number of anilines is 2. The molecule has 3 heterocycles. The van der Waals surface area contributed by atoms with Gasteiger partial charge in [0.1, 0.15) is 6.04 Å². The van der Waals surface area contributed by atoms with Crippen molar-refractivity contribution in [1.29, 1.82) is 0 Å². The van der Waals surface area contributed by atoms with Gasteiger partial charge in [-0.15, -0.1) is 24.9 Å². The summed E-state index contributed by atoms with van der Waals surface area (Å²) in [5.74, 6) is -2.22. The van der Waals surface area contributed by atoms with Gasteiger partial charge in [-0.25, -0.2) is 0 Å². The maximum Gasteiger partial charge on any atom is 0.310 e. The van der Waals surface area contributed by atoms with Crippen LogP contribution in [0.15, 0.2) is 79.9 Å². The molecule has 0 radical (unpaired) electrons. The van der Waals surface area contributed by atoms with Crippen LogP contribution in [0.2, 0.25) is 0 Å². The fraction of sp³-hybridized carbons (Fsp3) is 0.500. The summed E-state index contributed by atoms with van der Waals surface area (Å²) >= 11 is 1.62. The highest BCUT2D eigenvalue weighted by atomic mass is 32.2. The Bertz CT molecular complexity index is 1430. The van der Waals surface area contributed by atoms with Crippen molar-refractivity contribution >= 4 is 40.9 Å². The lowest BCUT2D eigenvalue weighted by atomic mass is 9.66. The first-order valence-electron chi connectivity index (χ1n) is 17.0. The number of hydrogen-bond donors (Lipinski definition) is 1. The minimum Gasteiger partial charge on any atom is -0.465 e. The zero-order valence-corrected chi connectivity index (χ0v) is 28.7. The number of allylic oxidation sites excluding steroid dienone is 1. The number of carbonyl (C=O) groups excluding carboxylic acids is 3. The monoisotopic (exact) mass is 659 g/mol. The number of aliphatic hydroxyl groups excluding tert-OH is 1. The quantitative estimate of drug-likeness (QED) is 0.145. The van der Waals surface area contributed by atoms with Crippen LogP contribution in [0.25, 0.3) is 0 Å². The van der Waals surface area contributed by atoms with Gasteiger partial charge >= 0.3 is 5.97 Å². The second-order valence-electron chi connectivity index (χ2n) is 12.8. The molecule has 2 amide bonds. The van der Waals surface area contributed by atoms with Crippen molar-refractivity contribution in [3.05, 3.63) is 85.5 Å². The number of esters is 1. The number of unbranched alkanes of at least 4 members (excludes halogenated alkanes) is 1. The molecule has 2 bridgehead atoms. The molecule has 7 atom stereocenters. The summed E-state index contributed by atoms with van der Waals surface area (Å²) < 4.78 is 4.92. The summed E-state index contributed by atoms with van der Waals surface area (Å²) in [6.07, 6.45) is 5.99. The van der Waals surface area contributed by atoms with Gasteiger partial charge in [0, 0.05) is 36.3 Å². The summed E-state index contributed by atoms with van der Waals surface area (Å²) in [5, 5.41) is 10.7. The number of aliphatic hydroxyl groups is 1. The maximum atomic E-state index is 15.1. The van der Waals surface area contributed by atoms with E-state index in [9.17, 15) is 14.7 Å². The number of thioether (sulfide) groups is 1. The van der Waals surface area contributed by atoms with Crippen LogP contribution in [0, 0.1) is 17.8 Å². The molecule has 0 saturated carbocycles. The molecule has 9 heteroatoms. The SMILES string of the molecule is C=CCCCOC(=O)[C@@H]1[C@@H]2CC(C)C3(S2)C(C(=O)N(CC=C)c2ccc(N(CC)CC)cc2)N([C@@H](CO)Cc2ccccc2)C(=O)[C@H]13. The van der Waals surface area contributed by atoms with E-state index in [0.717, 1.165) is 30.8 Å². The highest BCUT2D eigenvalue weighted by molar-refractivity contribution is 8.02. The van der Waals surface area contributed by atoms with Crippen molar-refractivity contribution < 1.29 is 24.2 Å². The van der Waals surface area contributed by atoms with Gasteiger partial charge in [0.25, 0.3) is 5.91 Å². The van der Waals surface area contributed by atoms with E-state index in [1.807, 2.05) is 54.6 Å². The molecule has 1 spiro atoms. The topological polar surface area (TPSA) is 90.4 Å². The lowest BCUT2D eigenvalue weighted by Gasteiger charge is -2.42. The summed E-state index contributed by atoms with van der Waals surface area (Å²) in [4.78, 5) is 49.2. The molecular formula is C38H49N3O5S. The van der Waals surface area contributed by atoms with E-state index >= 15 is 4.79 Å². The summed E-state index contributed by atoms with van der Waals surface area (Å²) in [7, 11) is 0. The van der Waals surface area contributed by atoms with Crippen molar-refractivity contribution in [3.8, 4) is 0 Å². The Kier molecular flexibility index (Phi) is 11.2. The van der Waals surface area contributed by atoms with Gasteiger partial charge in [-0.1, -0.05) is 49.4 Å². The third-order valence-corrected chi connectivity index (χ3v) is 12.3. The van der Waals surface area contributed by atoms with Crippen LogP contribution in [0.4, 0.5) is 11.4 Å². The van der Waals surface area contributed by atoms with Gasteiger partial charge in [-0.3, -0.25) is 14.4 Å². The molecule has 2 aromatic carbocycles. The second-order valence-corrected chi connectivity index (χ2v) is 14.4. The van der Waals surface area contributed by atoms with Crippen molar-refractivity contribution in [2.24, 2.45) is 17.8 Å². The van der Waals surface area contributed by atoms with Crippen LogP contribution in [0.3, 0.4) is 0 Å². The molecule has 8 nitrogen and oxygen atoms in total. The molecular weight excluding hydrogens is 611 g/mol. The van der Waals surface area contributed by atoms with Crippen LogP contribution >= 0.6 is 11.8 Å². The number of carbonyl (C=O) groups is 3. The number of amides is 2. The molecule has 3 saturated heterocycles. The van der Waals surface area contributed by atoms with Gasteiger partial charge in [-0.05, 0) is 75.3 Å². The Hall–Kier alpha value is -3.56. The minimum atomic E-state index is -0.883. The van der Waals surface area contributed by atoms with Gasteiger partial charge in [0.15, 0.2) is 0 Å². The largest absolute Gasteiger partial charge is 0.465 e. The van der Waals surface area contributed by atoms with E-state index in [0.29, 0.717) is 24.9 Å². The molecule has 3 aliphatic heterocycles. The third-order valence-electron chi connectivity index (χ3n) is 10.3. The first-order chi connectivity index (χ1) is 22.8. The molecule has 3 aliphatic rings. The average molecular weight is 660 g/mol. The fourth-order valence-corrected chi connectivity index (χ4v) is 10.5. The van der Waals surface area contributed by atoms with Crippen LogP contribution in [0.5, 0.6) is 0 Å². The average Bonchev–Trinajstić information content (AvgIpc) is 3.69. The molecule has 47 heavy (non-hydrogen) atoms. The number of benzene rings is 2. The summed E-state index contributed by atoms with van der Waals surface area (Å²) in [5.41, 5.74) is 2.74. The molecule has 3 unspecified atom stereocenters. The molecule has 3 fully saturated rings. The Balaban J connectivity index is 1.57. The highest BCUT2D eigenvalue weighted by Crippen LogP contribution is 2.69. The van der Waals surface area contributed by atoms with Gasteiger partial charge in [-0.2, -0.15) is 0 Å². The Morgan fingerprint density at radius 3 is 2.38 bits per heavy atom. The Labute approximate surface area is 283 Å². The maximum absolute atomic E-state index is 15.1. The lowest BCUT2D eigenvalue weighted by Crippen LogP contribution is -2.59. The summed E-state index contributed by atoms with van der Waals surface area (Å²) in [6, 6.07) is 16.1. The van der Waals surface area contributed by atoms with Gasteiger partial charge < -0.3 is 24.5 Å². The number of fused-ring (bicyclic) bond motifs is 1. The van der Waals surface area contributed by atoms with Crippen LogP contribution in [-0.4, -0.2) is 82.7 Å². The van der Waals surface area contributed by atoms with Crippen molar-refractivity contribution in [2.45, 2.75) is 68.5 Å². The fourth-order valence-electron chi connectivity index (χ4n) is 8.07. The number of nitrogens with zero attached hydrogens (tertiary/aromatic N) is 3. The van der Waals surface area contributed by atoms with E-state index in [2.05, 4.69) is 38.8 Å². The lowest BCUT2D eigenvalue weighted by molar-refractivity contribution is -0.155. The number of rotatable bonds is 16. The normalized spacial score (nSPS) is 26.5. The van der Waals surface area contributed by atoms with Crippen molar-refractivity contribution in [2.75, 3.05) is 42.6 Å². The number of hydrogen-bond acceptors (Lipinski definition) is 7. The van der Waals surface area contributed by atoms with Gasteiger partial charge in [0.2, 0.25) is 5.91 Å². The standard InChI is InChI=1S/C38H49N3O5S/c1-6-10-14-22-46-37(45)32-31-23-26(5)38(47-31)33(32)35(43)41(30(25-42)24-27-15-12-11-13-16-27)34(38)36(44)40(21-7-2)29-19-17-28(18-20-29)39(8-3)9-4/h6-7,11-13,15-20,26,30-34,42H,1-2,8-10,14,21-25H2,3-5H3/t26?,30-,31+,32-,33+,34?,38?/m1/s1. The zero-order valence-electron chi connectivity index (χ0n) is 27.9. The number of ether oxygens (including phenoxy) is 1. The predicted octanol–water partition coefficient (Wildman–Crippen LogP) is 5.50. The van der Waals surface area contributed by atoms with E-state index in [1.165, 1.54) is 0 Å². The smallest absolute Gasteiger partial charge is 0.310 e. The summed E-state index contributed by atoms with van der Waals surface area (Å²) in [6.45, 7) is 16.0. The van der Waals surface area contributed by atoms with Crippen LogP contribution in [0.1, 0.15) is 45.6 Å². The molecule has 5 rings (SSSR count). The van der Waals surface area contributed by atoms with Crippen LogP contribution < -0.4 is 9.80 Å². The molecule has 0 aliphatic carbocycles. The zero-order chi connectivity index (χ0) is 33.7. The molecule has 1 N–H and O–H groups in total. The predicted molar refractivity (Wildman–Crippen MR) is 189 cm³/mol. The molecule has 2 aromatic rings. The van der Waals surface area contributed by atoms with Crippen LogP contribution in [-0.2, 0) is 25.5 Å². The van der Waals surface area contributed by atoms with Crippen molar-refractivity contribution in [3.63, 3.8) is 0 Å². The van der Waals surface area contributed by atoms with Crippen molar-refractivity contribution in [1.82, 2.24) is 4.90 Å². The Morgan fingerprint density at radius 1 is 1.09 bits per heavy atom. The van der Waals surface area contributed by atoms with E-state index in [-0.39, 0.29) is 48.7 Å². The van der Waals surface area contributed by atoms with E-state index in [4.69, 9.17) is 4.74 Å². The second kappa shape index (κ2) is 15.1. The van der Waals surface area contributed by atoms with Gasteiger partial charge in [0.05, 0.1) is 35.8 Å². The third kappa shape index (κ3) is 6.36. The minimum absolute atomic E-state index is 0.0121. The molecule has 0 aromatic heterocycles. The number of likely N-dealkylation sites (tertiary alicyclic amines) is 1. The van der Waals surface area contributed by atoms with E-state index < -0.39 is 28.7 Å².